The Hall–Kier alpha value is -4.17. The second kappa shape index (κ2) is 12.7. The third kappa shape index (κ3) is 5.68. The number of esters is 5. The number of carbonyl (C=O) groups excluding carboxylic acids is 5. The molecule has 14 nitrogen and oxygen atoms in total. The van der Waals surface area contributed by atoms with Crippen LogP contribution in [0.25, 0.3) is 0 Å². The zero-order valence-corrected chi connectivity index (χ0v) is 28.0. The van der Waals surface area contributed by atoms with Crippen LogP contribution in [0, 0.1) is 17.3 Å². The van der Waals surface area contributed by atoms with Crippen molar-refractivity contribution < 1.29 is 66.3 Å². The lowest BCUT2D eigenvalue weighted by Gasteiger charge is -2.65. The van der Waals surface area contributed by atoms with Gasteiger partial charge < -0.3 is 42.4 Å². The van der Waals surface area contributed by atoms with Gasteiger partial charge in [0.25, 0.3) is 0 Å². The lowest BCUT2D eigenvalue weighted by atomic mass is 9.46. The molecule has 2 saturated carbocycles. The number of carbonyl (C=O) groups is 5. The SMILES string of the molecule is CCC(C)C(=O)OC1C[C@](C)(O)[C@]23OC(C)(C)[C@H](C[C@H](OC(=O)c4ccoc4)C2(COC(C)=O)C1OC(=O)c1ccoc1)C3OC(C)=O. The predicted molar refractivity (Wildman–Crippen MR) is 161 cm³/mol. The smallest absolute Gasteiger partial charge is 0.341 e. The van der Waals surface area contributed by atoms with Crippen LogP contribution in [0.15, 0.2) is 46.0 Å². The van der Waals surface area contributed by atoms with Crippen molar-refractivity contribution in [2.24, 2.45) is 17.3 Å². The summed E-state index contributed by atoms with van der Waals surface area (Å²) >= 11 is 0. The predicted octanol–water partition coefficient (Wildman–Crippen LogP) is 3.78. The van der Waals surface area contributed by atoms with E-state index < -0.39 is 94.9 Å². The molecular formula is C34H42O14. The van der Waals surface area contributed by atoms with Crippen LogP contribution < -0.4 is 0 Å². The van der Waals surface area contributed by atoms with Gasteiger partial charge in [-0.2, -0.15) is 0 Å². The highest BCUT2D eigenvalue weighted by Gasteiger charge is 2.86. The zero-order chi connectivity index (χ0) is 35.2. The number of hydrogen-bond acceptors (Lipinski definition) is 14. The van der Waals surface area contributed by atoms with E-state index in [1.807, 2.05) is 0 Å². The van der Waals surface area contributed by atoms with E-state index in [0.29, 0.717) is 6.42 Å². The second-order valence-electron chi connectivity index (χ2n) is 13.6. The molecule has 0 radical (unpaired) electrons. The van der Waals surface area contributed by atoms with Crippen molar-refractivity contribution in [3.63, 3.8) is 0 Å². The fourth-order valence-corrected chi connectivity index (χ4v) is 7.80. The molecule has 5 rings (SSSR count). The maximum Gasteiger partial charge on any atom is 0.341 e. The Balaban J connectivity index is 1.81. The standard InChI is InChI=1S/C34H42O14/c1-8-18(2)28(37)45-24-14-32(7,40)34-26(44-20(4)36)23(31(5,6)48-34)13-25(46-29(38)21-9-11-41-15-21)33(34,17-43-19(3)35)27(24)47-30(39)22-10-12-42-16-22/h9-12,15-16,18,23-27,40H,8,13-14,17H2,1-7H3/t18?,23-,24?,25+,26?,27?,32+,33?,34+/m1/s1. The van der Waals surface area contributed by atoms with Crippen molar-refractivity contribution in [2.75, 3.05) is 6.61 Å². The van der Waals surface area contributed by atoms with Gasteiger partial charge in [0.2, 0.25) is 0 Å². The first kappa shape index (κ1) is 35.1. The van der Waals surface area contributed by atoms with Crippen molar-refractivity contribution in [2.45, 2.75) is 109 Å². The first-order valence-electron chi connectivity index (χ1n) is 15.9. The quantitative estimate of drug-likeness (QED) is 0.283. The molecule has 3 aliphatic rings. The van der Waals surface area contributed by atoms with Crippen LogP contribution >= 0.6 is 0 Å². The number of aliphatic hydroxyl groups is 1. The molecule has 2 bridgehead atoms. The van der Waals surface area contributed by atoms with E-state index >= 15 is 0 Å². The molecule has 48 heavy (non-hydrogen) atoms. The average molecular weight is 675 g/mol. The fourth-order valence-electron chi connectivity index (χ4n) is 7.80. The highest BCUT2D eigenvalue weighted by molar-refractivity contribution is 5.90. The van der Waals surface area contributed by atoms with Gasteiger partial charge in [-0.3, -0.25) is 14.4 Å². The normalized spacial score (nSPS) is 33.9. The molecule has 1 spiro atoms. The Morgan fingerprint density at radius 1 is 0.896 bits per heavy atom. The van der Waals surface area contributed by atoms with Crippen LogP contribution in [-0.2, 0) is 42.8 Å². The van der Waals surface area contributed by atoms with Crippen molar-refractivity contribution in [3.8, 4) is 0 Å². The summed E-state index contributed by atoms with van der Waals surface area (Å²) in [7, 11) is 0. The minimum atomic E-state index is -2.07. The van der Waals surface area contributed by atoms with Gasteiger partial charge in [0.1, 0.15) is 42.9 Å². The number of ether oxygens (including phenoxy) is 6. The molecule has 2 aromatic rings. The van der Waals surface area contributed by atoms with Crippen LogP contribution in [0.5, 0.6) is 0 Å². The maximum atomic E-state index is 13.8. The Morgan fingerprint density at radius 2 is 1.50 bits per heavy atom. The van der Waals surface area contributed by atoms with E-state index in [4.69, 9.17) is 37.3 Å². The monoisotopic (exact) mass is 674 g/mol. The van der Waals surface area contributed by atoms with E-state index in [0.717, 1.165) is 13.2 Å². The van der Waals surface area contributed by atoms with Gasteiger partial charge in [0.05, 0.1) is 40.8 Å². The first-order chi connectivity index (χ1) is 22.5. The molecule has 0 amide bonds. The van der Waals surface area contributed by atoms with Gasteiger partial charge >= 0.3 is 29.8 Å². The van der Waals surface area contributed by atoms with E-state index in [1.54, 1.807) is 27.7 Å². The van der Waals surface area contributed by atoms with E-state index in [1.165, 1.54) is 44.8 Å². The minimum absolute atomic E-state index is 0.000793. The summed E-state index contributed by atoms with van der Waals surface area (Å²) in [5, 5.41) is 12.7. The molecule has 262 valence electrons. The molecule has 3 heterocycles. The molecule has 1 aliphatic heterocycles. The van der Waals surface area contributed by atoms with Gasteiger partial charge in [-0.1, -0.05) is 13.8 Å². The molecule has 2 aromatic heterocycles. The van der Waals surface area contributed by atoms with Crippen LogP contribution in [0.3, 0.4) is 0 Å². The summed E-state index contributed by atoms with van der Waals surface area (Å²) in [4.78, 5) is 66.2. The fraction of sp³-hybridized carbons (Fsp3) is 0.618. The number of fused-ring (bicyclic) bond motifs is 1. The molecule has 3 fully saturated rings. The zero-order valence-electron chi connectivity index (χ0n) is 28.0. The Bertz CT molecular complexity index is 1520. The van der Waals surface area contributed by atoms with E-state index in [9.17, 15) is 29.1 Å². The molecule has 14 heteroatoms. The molecule has 9 atom stereocenters. The number of furan rings is 2. The molecule has 2 aliphatic carbocycles. The molecule has 1 saturated heterocycles. The average Bonchev–Trinajstić information content (AvgIpc) is 3.76. The second-order valence-corrected chi connectivity index (χ2v) is 13.6. The Morgan fingerprint density at radius 3 is 2.02 bits per heavy atom. The third-order valence-corrected chi connectivity index (χ3v) is 10.1. The van der Waals surface area contributed by atoms with Crippen LogP contribution in [0.2, 0.25) is 0 Å². The Labute approximate surface area is 277 Å². The summed E-state index contributed by atoms with van der Waals surface area (Å²) in [5.74, 6) is -5.14. The summed E-state index contributed by atoms with van der Waals surface area (Å²) in [6.07, 6.45) is -0.730. The van der Waals surface area contributed by atoms with Crippen LogP contribution in [-0.4, -0.2) is 82.8 Å². The van der Waals surface area contributed by atoms with E-state index in [-0.39, 0.29) is 24.0 Å². The minimum Gasteiger partial charge on any atom is -0.472 e. The summed E-state index contributed by atoms with van der Waals surface area (Å²) in [6.45, 7) is 10.0. The van der Waals surface area contributed by atoms with Crippen molar-refractivity contribution in [1.82, 2.24) is 0 Å². The molecule has 0 aromatic carbocycles. The third-order valence-electron chi connectivity index (χ3n) is 10.1. The summed E-state index contributed by atoms with van der Waals surface area (Å²) < 4.78 is 47.2. The Kier molecular flexibility index (Phi) is 9.30. The van der Waals surface area contributed by atoms with Crippen LogP contribution in [0.4, 0.5) is 0 Å². The molecule has 5 unspecified atom stereocenters. The number of hydrogen-bond donors (Lipinski definition) is 1. The van der Waals surface area contributed by atoms with Gasteiger partial charge in [-0.05, 0) is 45.7 Å². The topological polar surface area (TPSA) is 187 Å². The number of rotatable bonds is 10. The van der Waals surface area contributed by atoms with Crippen LogP contribution in [0.1, 0.15) is 88.4 Å². The molecular weight excluding hydrogens is 632 g/mol. The van der Waals surface area contributed by atoms with E-state index in [2.05, 4.69) is 0 Å². The maximum absolute atomic E-state index is 13.8. The van der Waals surface area contributed by atoms with Crippen molar-refractivity contribution in [1.29, 1.82) is 0 Å². The summed E-state index contributed by atoms with van der Waals surface area (Å²) in [5.41, 5.74) is -7.28. The van der Waals surface area contributed by atoms with Crippen molar-refractivity contribution in [3.05, 3.63) is 48.3 Å². The van der Waals surface area contributed by atoms with Gasteiger partial charge in [0, 0.05) is 26.2 Å². The van der Waals surface area contributed by atoms with Crippen molar-refractivity contribution >= 4 is 29.8 Å². The largest absolute Gasteiger partial charge is 0.472 e. The molecule has 1 N–H and O–H groups in total. The van der Waals surface area contributed by atoms with Gasteiger partial charge in [-0.15, -0.1) is 0 Å². The lowest BCUT2D eigenvalue weighted by Crippen LogP contribution is -2.83. The van der Waals surface area contributed by atoms with Gasteiger partial charge in [0.15, 0.2) is 11.7 Å². The lowest BCUT2D eigenvalue weighted by molar-refractivity contribution is -0.354. The first-order valence-corrected chi connectivity index (χ1v) is 15.9. The highest BCUT2D eigenvalue weighted by atomic mass is 16.6. The van der Waals surface area contributed by atoms with Gasteiger partial charge in [-0.25, -0.2) is 9.59 Å². The summed E-state index contributed by atoms with van der Waals surface area (Å²) in [6, 6.07) is 2.75. The highest BCUT2D eigenvalue weighted by Crippen LogP contribution is 2.69.